The van der Waals surface area contributed by atoms with E-state index < -0.39 is 5.95 Å². The number of hydrogen-bond acceptors (Lipinski definition) is 4. The van der Waals surface area contributed by atoms with E-state index >= 15 is 0 Å². The number of ether oxygens (including phenoxy) is 2. The predicted octanol–water partition coefficient (Wildman–Crippen LogP) is 2.08. The molecule has 0 amide bonds. The van der Waals surface area contributed by atoms with Gasteiger partial charge in [0.05, 0.1) is 13.2 Å². The summed E-state index contributed by atoms with van der Waals surface area (Å²) in [4.78, 5) is 3.72. The number of pyridine rings is 1. The zero-order chi connectivity index (χ0) is 12.6. The van der Waals surface area contributed by atoms with Crippen LogP contribution in [0.15, 0.2) is 18.2 Å². The molecule has 1 aromatic heterocycles. The van der Waals surface area contributed by atoms with Gasteiger partial charge in [-0.05, 0) is 25.0 Å². The number of nitrogens with one attached hydrogen (secondary N) is 1. The first-order valence-corrected chi connectivity index (χ1v) is 6.36. The van der Waals surface area contributed by atoms with Crippen molar-refractivity contribution in [2.45, 2.75) is 12.8 Å². The highest BCUT2D eigenvalue weighted by atomic mass is 19.1. The number of halogens is 1. The smallest absolute Gasteiger partial charge is 0.214 e. The minimum atomic E-state index is -0.461. The topological polar surface area (TPSA) is 43.4 Å². The predicted molar refractivity (Wildman–Crippen MR) is 67.0 cm³/mol. The van der Waals surface area contributed by atoms with E-state index in [0.717, 1.165) is 39.2 Å². The largest absolute Gasteiger partial charge is 0.381 e. The Morgan fingerprint density at radius 1 is 1.50 bits per heavy atom. The van der Waals surface area contributed by atoms with E-state index in [4.69, 9.17) is 9.47 Å². The summed E-state index contributed by atoms with van der Waals surface area (Å²) in [5.41, 5.74) is 0. The molecule has 100 valence electrons. The molecule has 1 aliphatic heterocycles. The Hall–Kier alpha value is -1.20. The Morgan fingerprint density at radius 3 is 3.22 bits per heavy atom. The summed E-state index contributed by atoms with van der Waals surface area (Å²) in [6, 6.07) is 4.72. The van der Waals surface area contributed by atoms with E-state index in [1.54, 1.807) is 12.1 Å². The number of anilines is 1. The summed E-state index contributed by atoms with van der Waals surface area (Å²) in [7, 11) is 0. The molecule has 1 aliphatic rings. The van der Waals surface area contributed by atoms with Gasteiger partial charge in [0.1, 0.15) is 5.82 Å². The third kappa shape index (κ3) is 4.58. The van der Waals surface area contributed by atoms with Crippen LogP contribution in [0, 0.1) is 11.9 Å². The SMILES string of the molecule is Fc1cccc(NCCCOCC2CCOC2)n1. The fourth-order valence-corrected chi connectivity index (χ4v) is 1.86. The van der Waals surface area contributed by atoms with E-state index in [-0.39, 0.29) is 0 Å². The molecule has 1 unspecified atom stereocenters. The van der Waals surface area contributed by atoms with Crippen molar-refractivity contribution >= 4 is 5.82 Å². The van der Waals surface area contributed by atoms with Crippen molar-refractivity contribution in [3.8, 4) is 0 Å². The highest BCUT2D eigenvalue weighted by molar-refractivity contribution is 5.33. The lowest BCUT2D eigenvalue weighted by Crippen LogP contribution is -2.12. The molecule has 2 rings (SSSR count). The summed E-state index contributed by atoms with van der Waals surface area (Å²) < 4.78 is 23.6. The Bertz CT molecular complexity index is 357. The summed E-state index contributed by atoms with van der Waals surface area (Å²) in [5.74, 6) is 0.666. The summed E-state index contributed by atoms with van der Waals surface area (Å²) in [6.45, 7) is 3.90. The molecule has 1 atom stereocenters. The molecule has 1 saturated heterocycles. The first-order chi connectivity index (χ1) is 8.84. The third-order valence-electron chi connectivity index (χ3n) is 2.86. The van der Waals surface area contributed by atoms with Gasteiger partial charge >= 0.3 is 0 Å². The molecule has 4 nitrogen and oxygen atoms in total. The van der Waals surface area contributed by atoms with Crippen molar-refractivity contribution in [2.24, 2.45) is 5.92 Å². The molecular weight excluding hydrogens is 235 g/mol. The fraction of sp³-hybridized carbons (Fsp3) is 0.615. The highest BCUT2D eigenvalue weighted by Gasteiger charge is 2.14. The Kier molecular flexibility index (Phi) is 5.36. The lowest BCUT2D eigenvalue weighted by Gasteiger charge is -2.09. The van der Waals surface area contributed by atoms with E-state index in [9.17, 15) is 4.39 Å². The van der Waals surface area contributed by atoms with Crippen LogP contribution in [0.2, 0.25) is 0 Å². The highest BCUT2D eigenvalue weighted by Crippen LogP contribution is 2.12. The van der Waals surface area contributed by atoms with Crippen LogP contribution in [0.1, 0.15) is 12.8 Å². The van der Waals surface area contributed by atoms with Crippen LogP contribution in [-0.4, -0.2) is 38.0 Å². The van der Waals surface area contributed by atoms with Crippen molar-refractivity contribution in [3.63, 3.8) is 0 Å². The fourth-order valence-electron chi connectivity index (χ4n) is 1.86. The lowest BCUT2D eigenvalue weighted by atomic mass is 10.1. The van der Waals surface area contributed by atoms with Gasteiger partial charge in [0.2, 0.25) is 5.95 Å². The second kappa shape index (κ2) is 7.28. The van der Waals surface area contributed by atoms with Crippen molar-refractivity contribution in [1.29, 1.82) is 0 Å². The zero-order valence-corrected chi connectivity index (χ0v) is 10.4. The molecule has 18 heavy (non-hydrogen) atoms. The van der Waals surface area contributed by atoms with Crippen LogP contribution >= 0.6 is 0 Å². The molecule has 5 heteroatoms. The van der Waals surface area contributed by atoms with Gasteiger partial charge in [-0.15, -0.1) is 0 Å². The van der Waals surface area contributed by atoms with Crippen LogP contribution in [-0.2, 0) is 9.47 Å². The van der Waals surface area contributed by atoms with Gasteiger partial charge in [-0.3, -0.25) is 0 Å². The normalized spacial score (nSPS) is 19.1. The zero-order valence-electron chi connectivity index (χ0n) is 10.4. The average molecular weight is 254 g/mol. The molecule has 0 aromatic carbocycles. The standard InChI is InChI=1S/C13H19FN2O2/c14-12-3-1-4-13(16-12)15-6-2-7-17-9-11-5-8-18-10-11/h1,3-4,11H,2,5-10H2,(H,15,16). The van der Waals surface area contributed by atoms with Gasteiger partial charge < -0.3 is 14.8 Å². The van der Waals surface area contributed by atoms with Gasteiger partial charge in [-0.25, -0.2) is 4.98 Å². The number of rotatable bonds is 7. The maximum atomic E-state index is 12.8. The average Bonchev–Trinajstić information content (AvgIpc) is 2.87. The van der Waals surface area contributed by atoms with E-state index in [1.807, 2.05) is 0 Å². The number of hydrogen-bond donors (Lipinski definition) is 1. The first kappa shape index (κ1) is 13.2. The summed E-state index contributed by atoms with van der Waals surface area (Å²) >= 11 is 0. The van der Waals surface area contributed by atoms with Gasteiger partial charge in [0, 0.05) is 25.7 Å². The molecule has 0 aliphatic carbocycles. The second-order valence-corrected chi connectivity index (χ2v) is 4.43. The van der Waals surface area contributed by atoms with Crippen molar-refractivity contribution in [1.82, 2.24) is 4.98 Å². The Labute approximate surface area is 107 Å². The van der Waals surface area contributed by atoms with Crippen LogP contribution in [0.4, 0.5) is 10.2 Å². The van der Waals surface area contributed by atoms with Crippen molar-refractivity contribution in [2.75, 3.05) is 38.3 Å². The van der Waals surface area contributed by atoms with Crippen LogP contribution < -0.4 is 5.32 Å². The van der Waals surface area contributed by atoms with E-state index in [1.165, 1.54) is 6.07 Å². The molecule has 0 saturated carbocycles. The maximum absolute atomic E-state index is 12.8. The molecule has 1 aromatic rings. The minimum absolute atomic E-state index is 0.461. The monoisotopic (exact) mass is 254 g/mol. The molecule has 1 fully saturated rings. The third-order valence-corrected chi connectivity index (χ3v) is 2.86. The molecule has 0 spiro atoms. The lowest BCUT2D eigenvalue weighted by molar-refractivity contribution is 0.0897. The Balaban J connectivity index is 1.50. The van der Waals surface area contributed by atoms with Crippen LogP contribution in [0.5, 0.6) is 0 Å². The van der Waals surface area contributed by atoms with E-state index in [2.05, 4.69) is 10.3 Å². The summed E-state index contributed by atoms with van der Waals surface area (Å²) in [6.07, 6.45) is 1.98. The molecule has 2 heterocycles. The van der Waals surface area contributed by atoms with Gasteiger partial charge in [0.15, 0.2) is 0 Å². The maximum Gasteiger partial charge on any atom is 0.214 e. The molecular formula is C13H19FN2O2. The second-order valence-electron chi connectivity index (χ2n) is 4.43. The molecule has 0 radical (unpaired) electrons. The van der Waals surface area contributed by atoms with Crippen LogP contribution in [0.3, 0.4) is 0 Å². The van der Waals surface area contributed by atoms with E-state index in [0.29, 0.717) is 18.3 Å². The Morgan fingerprint density at radius 2 is 2.44 bits per heavy atom. The molecule has 0 bridgehead atoms. The first-order valence-electron chi connectivity index (χ1n) is 6.36. The summed E-state index contributed by atoms with van der Waals surface area (Å²) in [5, 5.41) is 3.06. The number of aromatic nitrogens is 1. The van der Waals surface area contributed by atoms with Gasteiger partial charge in [-0.2, -0.15) is 4.39 Å². The van der Waals surface area contributed by atoms with Gasteiger partial charge in [-0.1, -0.05) is 6.07 Å². The van der Waals surface area contributed by atoms with Crippen molar-refractivity contribution in [3.05, 3.63) is 24.1 Å². The molecule has 1 N–H and O–H groups in total. The van der Waals surface area contributed by atoms with Crippen LogP contribution in [0.25, 0.3) is 0 Å². The number of nitrogens with zero attached hydrogens (tertiary/aromatic N) is 1. The van der Waals surface area contributed by atoms with Gasteiger partial charge in [0.25, 0.3) is 0 Å². The van der Waals surface area contributed by atoms with Crippen molar-refractivity contribution < 1.29 is 13.9 Å². The quantitative estimate of drug-likeness (QED) is 0.597. The minimum Gasteiger partial charge on any atom is -0.381 e.